The molecule has 1 saturated carbocycles. The van der Waals surface area contributed by atoms with Crippen molar-refractivity contribution < 1.29 is 9.53 Å². The Balaban J connectivity index is 1.77. The van der Waals surface area contributed by atoms with Crippen molar-refractivity contribution in [1.29, 1.82) is 0 Å². The summed E-state index contributed by atoms with van der Waals surface area (Å²) >= 11 is 1.28. The second-order valence-electron chi connectivity index (χ2n) is 4.31. The van der Waals surface area contributed by atoms with Crippen molar-refractivity contribution in [2.75, 3.05) is 6.61 Å². The molecule has 2 aromatic heterocycles. The third-order valence-corrected chi connectivity index (χ3v) is 3.89. The highest BCUT2D eigenvalue weighted by molar-refractivity contribution is 7.16. The van der Waals surface area contributed by atoms with Crippen LogP contribution < -0.4 is 0 Å². The van der Waals surface area contributed by atoms with Crippen LogP contribution in [-0.2, 0) is 4.74 Å². The van der Waals surface area contributed by atoms with E-state index in [9.17, 15) is 4.79 Å². The van der Waals surface area contributed by atoms with Gasteiger partial charge < -0.3 is 4.74 Å². The zero-order valence-electron chi connectivity index (χ0n) is 9.84. The zero-order valence-corrected chi connectivity index (χ0v) is 10.7. The summed E-state index contributed by atoms with van der Waals surface area (Å²) < 4.78 is 5.25. The highest BCUT2D eigenvalue weighted by Gasteiger charge is 2.25. The summed E-state index contributed by atoms with van der Waals surface area (Å²) in [5.41, 5.74) is 0.673. The molecule has 0 aromatic carbocycles. The van der Waals surface area contributed by atoms with Crippen molar-refractivity contribution in [1.82, 2.24) is 20.2 Å². The maximum Gasteiger partial charge on any atom is 0.350 e. The van der Waals surface area contributed by atoms with Crippen molar-refractivity contribution >= 4 is 17.3 Å². The minimum atomic E-state index is -0.289. The molecule has 1 N–H and O–H groups in total. The van der Waals surface area contributed by atoms with Gasteiger partial charge in [-0.3, -0.25) is 5.10 Å². The normalized spacial score (nSPS) is 14.7. The minimum absolute atomic E-state index is 0.289. The van der Waals surface area contributed by atoms with E-state index in [-0.39, 0.29) is 5.97 Å². The van der Waals surface area contributed by atoms with Gasteiger partial charge in [0.2, 0.25) is 0 Å². The van der Waals surface area contributed by atoms with Crippen LogP contribution in [0.1, 0.15) is 28.2 Å². The monoisotopic (exact) mass is 264 g/mol. The lowest BCUT2D eigenvalue weighted by Gasteiger charge is -2.00. The predicted octanol–water partition coefficient (Wildman–Crippen LogP) is 1.80. The van der Waals surface area contributed by atoms with Gasteiger partial charge in [-0.05, 0) is 25.7 Å². The number of carbonyl (C=O) groups excluding carboxylic acids is 1. The number of ether oxygens (including phenoxy) is 1. The lowest BCUT2D eigenvalue weighted by atomic mass is 10.4. The largest absolute Gasteiger partial charge is 0.461 e. The fourth-order valence-electron chi connectivity index (χ4n) is 1.54. The molecule has 1 fully saturated rings. The Morgan fingerprint density at radius 1 is 1.61 bits per heavy atom. The molecule has 0 saturated heterocycles. The van der Waals surface area contributed by atoms with Gasteiger partial charge in [-0.1, -0.05) is 0 Å². The summed E-state index contributed by atoms with van der Waals surface area (Å²) in [7, 11) is 0. The number of aryl methyl sites for hydroxylation is 1. The first kappa shape index (κ1) is 11.3. The predicted molar refractivity (Wildman–Crippen MR) is 65.2 cm³/mol. The number of rotatable bonds is 4. The molecule has 0 atom stereocenters. The van der Waals surface area contributed by atoms with Gasteiger partial charge >= 0.3 is 5.97 Å². The average Bonchev–Trinajstić information content (AvgIpc) is 2.88. The Morgan fingerprint density at radius 2 is 2.44 bits per heavy atom. The van der Waals surface area contributed by atoms with Crippen LogP contribution in [-0.4, -0.2) is 32.7 Å². The summed E-state index contributed by atoms with van der Waals surface area (Å²) in [4.78, 5) is 20.7. The van der Waals surface area contributed by atoms with E-state index >= 15 is 0 Å². The molecule has 18 heavy (non-hydrogen) atoms. The summed E-state index contributed by atoms with van der Waals surface area (Å²) in [6.45, 7) is 2.32. The number of hydrogen-bond donors (Lipinski definition) is 1. The molecule has 0 spiro atoms. The van der Waals surface area contributed by atoms with E-state index in [1.54, 1.807) is 6.92 Å². The Bertz CT molecular complexity index is 560. The van der Waals surface area contributed by atoms with E-state index in [2.05, 4.69) is 20.2 Å². The van der Waals surface area contributed by atoms with Crippen molar-refractivity contribution in [3.63, 3.8) is 0 Å². The van der Waals surface area contributed by atoms with E-state index in [1.807, 2.05) is 0 Å². The molecular weight excluding hydrogens is 252 g/mol. The maximum absolute atomic E-state index is 11.9. The highest BCUT2D eigenvalue weighted by atomic mass is 32.1. The first-order chi connectivity index (χ1) is 8.74. The van der Waals surface area contributed by atoms with Gasteiger partial charge in [0.25, 0.3) is 0 Å². The van der Waals surface area contributed by atoms with Gasteiger partial charge in [-0.25, -0.2) is 14.8 Å². The number of aromatic amines is 1. The van der Waals surface area contributed by atoms with Crippen LogP contribution in [0, 0.1) is 12.8 Å². The van der Waals surface area contributed by atoms with Crippen LogP contribution in [0.15, 0.2) is 6.33 Å². The number of thiazole rings is 1. The van der Waals surface area contributed by atoms with E-state index in [1.165, 1.54) is 17.7 Å². The van der Waals surface area contributed by atoms with Gasteiger partial charge in [-0.15, -0.1) is 11.3 Å². The third kappa shape index (κ3) is 2.26. The molecule has 7 heteroatoms. The molecule has 0 aliphatic heterocycles. The summed E-state index contributed by atoms with van der Waals surface area (Å²) in [5, 5.41) is 7.15. The minimum Gasteiger partial charge on any atom is -0.461 e. The Hall–Kier alpha value is -1.76. The molecular formula is C11H12N4O2S. The van der Waals surface area contributed by atoms with Crippen LogP contribution in [0.5, 0.6) is 0 Å². The van der Waals surface area contributed by atoms with Gasteiger partial charge in [0.05, 0.1) is 12.3 Å². The van der Waals surface area contributed by atoms with Crippen molar-refractivity contribution in [2.24, 2.45) is 5.92 Å². The Kier molecular flexibility index (Phi) is 2.83. The smallest absolute Gasteiger partial charge is 0.350 e. The topological polar surface area (TPSA) is 80.8 Å². The number of esters is 1. The molecule has 0 unspecified atom stereocenters. The maximum atomic E-state index is 11.9. The Morgan fingerprint density at radius 3 is 3.11 bits per heavy atom. The SMILES string of the molecule is Cc1nc(-c2ncn[nH]2)sc1C(=O)OCC1CC1. The molecule has 1 aliphatic carbocycles. The molecule has 1 aliphatic rings. The van der Waals surface area contributed by atoms with Gasteiger partial charge in [0.1, 0.15) is 11.2 Å². The van der Waals surface area contributed by atoms with Crippen LogP contribution >= 0.6 is 11.3 Å². The van der Waals surface area contributed by atoms with Crippen molar-refractivity contribution in [3.8, 4) is 10.8 Å². The molecule has 94 valence electrons. The van der Waals surface area contributed by atoms with Gasteiger partial charge in [-0.2, -0.15) is 5.10 Å². The van der Waals surface area contributed by atoms with E-state index in [0.29, 0.717) is 33.9 Å². The number of nitrogens with one attached hydrogen (secondary N) is 1. The molecule has 0 amide bonds. The van der Waals surface area contributed by atoms with E-state index < -0.39 is 0 Å². The summed E-state index contributed by atoms with van der Waals surface area (Å²) in [6, 6.07) is 0. The first-order valence-corrected chi connectivity index (χ1v) is 6.56. The molecule has 6 nitrogen and oxygen atoms in total. The summed E-state index contributed by atoms with van der Waals surface area (Å²) in [5.74, 6) is 0.850. The van der Waals surface area contributed by atoms with E-state index in [0.717, 1.165) is 12.8 Å². The first-order valence-electron chi connectivity index (χ1n) is 5.74. The highest BCUT2D eigenvalue weighted by Crippen LogP contribution is 2.30. The number of H-pyrrole nitrogens is 1. The molecule has 3 rings (SSSR count). The second-order valence-corrected chi connectivity index (χ2v) is 5.31. The summed E-state index contributed by atoms with van der Waals surface area (Å²) in [6.07, 6.45) is 3.74. The van der Waals surface area contributed by atoms with Crippen LogP contribution in [0.4, 0.5) is 0 Å². The second kappa shape index (κ2) is 4.49. The van der Waals surface area contributed by atoms with Crippen LogP contribution in [0.25, 0.3) is 10.8 Å². The van der Waals surface area contributed by atoms with Crippen molar-refractivity contribution in [2.45, 2.75) is 19.8 Å². The molecule has 2 heterocycles. The number of nitrogens with zero attached hydrogens (tertiary/aromatic N) is 3. The molecule has 2 aromatic rings. The van der Waals surface area contributed by atoms with Crippen LogP contribution in [0.3, 0.4) is 0 Å². The van der Waals surface area contributed by atoms with Gasteiger partial charge in [0.15, 0.2) is 10.8 Å². The average molecular weight is 264 g/mol. The lowest BCUT2D eigenvalue weighted by molar-refractivity contribution is 0.0491. The number of carbonyl (C=O) groups is 1. The standard InChI is InChI=1S/C11H12N4O2S/c1-6-8(11(16)17-4-7-2-3-7)18-10(14-6)9-12-5-13-15-9/h5,7H,2-4H2,1H3,(H,12,13,15). The van der Waals surface area contributed by atoms with Gasteiger partial charge in [0, 0.05) is 0 Å². The fraction of sp³-hybridized carbons (Fsp3) is 0.455. The third-order valence-electron chi connectivity index (χ3n) is 2.75. The number of aromatic nitrogens is 4. The number of hydrogen-bond acceptors (Lipinski definition) is 6. The van der Waals surface area contributed by atoms with Crippen LogP contribution in [0.2, 0.25) is 0 Å². The fourth-order valence-corrected chi connectivity index (χ4v) is 2.45. The quantitative estimate of drug-likeness (QED) is 0.852. The Labute approximate surface area is 107 Å². The van der Waals surface area contributed by atoms with Crippen molar-refractivity contribution in [3.05, 3.63) is 16.9 Å². The zero-order chi connectivity index (χ0) is 12.5. The van der Waals surface area contributed by atoms with E-state index in [4.69, 9.17) is 4.74 Å². The molecule has 0 radical (unpaired) electrons. The lowest BCUT2D eigenvalue weighted by Crippen LogP contribution is -2.07. The molecule has 0 bridgehead atoms.